The molecule has 0 aliphatic rings. The van der Waals surface area contributed by atoms with Gasteiger partial charge in [0.1, 0.15) is 6.10 Å². The summed E-state index contributed by atoms with van der Waals surface area (Å²) >= 11 is 0. The van der Waals surface area contributed by atoms with Crippen molar-refractivity contribution in [2.75, 3.05) is 6.61 Å². The van der Waals surface area contributed by atoms with Gasteiger partial charge >= 0.3 is 0 Å². The highest BCUT2D eigenvalue weighted by molar-refractivity contribution is 5.80. The Bertz CT molecular complexity index is 201. The molecule has 0 N–H and O–H groups in total. The second-order valence-corrected chi connectivity index (χ2v) is 5.59. The number of rotatable bonds is 14. The van der Waals surface area contributed by atoms with Crippen LogP contribution in [0.1, 0.15) is 91.4 Å². The van der Waals surface area contributed by atoms with E-state index in [4.69, 9.17) is 4.74 Å². The number of carbonyl (C=O) groups is 1. The van der Waals surface area contributed by atoms with E-state index in [1.54, 1.807) is 6.92 Å². The van der Waals surface area contributed by atoms with Crippen molar-refractivity contribution in [1.82, 2.24) is 0 Å². The lowest BCUT2D eigenvalue weighted by molar-refractivity contribution is -0.128. The van der Waals surface area contributed by atoms with E-state index in [1.165, 1.54) is 51.4 Å². The summed E-state index contributed by atoms with van der Waals surface area (Å²) in [5, 5.41) is 0. The quantitative estimate of drug-likeness (QED) is 0.401. The minimum absolute atomic E-state index is 0.146. The van der Waals surface area contributed by atoms with Crippen LogP contribution in [0.25, 0.3) is 0 Å². The van der Waals surface area contributed by atoms with Crippen molar-refractivity contribution < 1.29 is 9.53 Å². The highest BCUT2D eigenvalue weighted by atomic mass is 16.5. The van der Waals surface area contributed by atoms with Gasteiger partial charge in [-0.2, -0.15) is 0 Å². The first kappa shape index (κ1) is 18.6. The van der Waals surface area contributed by atoms with E-state index >= 15 is 0 Å². The van der Waals surface area contributed by atoms with Crippen LogP contribution in [0.4, 0.5) is 0 Å². The highest BCUT2D eigenvalue weighted by Crippen LogP contribution is 2.11. The van der Waals surface area contributed by atoms with Gasteiger partial charge in [0, 0.05) is 6.61 Å². The van der Waals surface area contributed by atoms with Crippen LogP contribution in [0.5, 0.6) is 0 Å². The van der Waals surface area contributed by atoms with Crippen molar-refractivity contribution in [2.45, 2.75) is 97.5 Å². The van der Waals surface area contributed by atoms with Crippen molar-refractivity contribution in [1.29, 1.82) is 0 Å². The lowest BCUT2D eigenvalue weighted by Gasteiger charge is -2.14. The molecule has 0 radical (unpaired) electrons. The molecule has 114 valence electrons. The number of ketones is 1. The van der Waals surface area contributed by atoms with E-state index < -0.39 is 0 Å². The number of hydrogen-bond acceptors (Lipinski definition) is 2. The molecule has 0 aliphatic heterocycles. The van der Waals surface area contributed by atoms with Crippen LogP contribution in [0, 0.1) is 0 Å². The monoisotopic (exact) mass is 270 g/mol. The number of ether oxygens (including phenoxy) is 1. The zero-order valence-electron chi connectivity index (χ0n) is 13.4. The predicted octanol–water partition coefficient (Wildman–Crippen LogP) is 5.29. The second-order valence-electron chi connectivity index (χ2n) is 5.59. The number of Topliss-reactive ketones (excluding diaryl/α,β-unsaturated/α-hetero) is 1. The fourth-order valence-corrected chi connectivity index (χ4v) is 2.27. The Balaban J connectivity index is 3.51. The van der Waals surface area contributed by atoms with Crippen LogP contribution in [-0.4, -0.2) is 18.5 Å². The summed E-state index contributed by atoms with van der Waals surface area (Å²) in [6, 6.07) is 0. The summed E-state index contributed by atoms with van der Waals surface area (Å²) in [5.74, 6) is 0.197. The summed E-state index contributed by atoms with van der Waals surface area (Å²) < 4.78 is 5.74. The van der Waals surface area contributed by atoms with E-state index in [2.05, 4.69) is 13.8 Å². The molecular formula is C17H34O2. The van der Waals surface area contributed by atoms with E-state index in [-0.39, 0.29) is 11.9 Å². The standard InChI is InChI=1S/C17H34O2/c1-4-6-8-10-11-13-15-19-17(16(3)18)14-12-9-7-5-2/h17H,4-15H2,1-3H3. The maximum atomic E-state index is 11.5. The molecule has 0 saturated carbocycles. The Kier molecular flexibility index (Phi) is 13.8. The van der Waals surface area contributed by atoms with Gasteiger partial charge in [-0.3, -0.25) is 4.79 Å². The molecule has 0 spiro atoms. The molecule has 0 aromatic carbocycles. The number of unbranched alkanes of at least 4 members (excludes halogenated alkanes) is 8. The van der Waals surface area contributed by atoms with Crippen LogP contribution < -0.4 is 0 Å². The first-order valence-electron chi connectivity index (χ1n) is 8.34. The third-order valence-electron chi connectivity index (χ3n) is 3.59. The Labute approximate surface area is 120 Å². The van der Waals surface area contributed by atoms with Crippen molar-refractivity contribution in [3.05, 3.63) is 0 Å². The highest BCUT2D eigenvalue weighted by Gasteiger charge is 2.13. The smallest absolute Gasteiger partial charge is 0.158 e. The lowest BCUT2D eigenvalue weighted by atomic mass is 10.1. The average Bonchev–Trinajstić information content (AvgIpc) is 2.39. The van der Waals surface area contributed by atoms with Gasteiger partial charge in [0.05, 0.1) is 0 Å². The molecule has 2 nitrogen and oxygen atoms in total. The summed E-state index contributed by atoms with van der Waals surface area (Å²) in [4.78, 5) is 11.5. The SMILES string of the molecule is CCCCCCCCOC(CCCCCC)C(C)=O. The molecule has 0 aliphatic carbocycles. The molecule has 1 unspecified atom stereocenters. The third kappa shape index (κ3) is 12.4. The molecule has 0 bridgehead atoms. The van der Waals surface area contributed by atoms with Gasteiger partial charge < -0.3 is 4.74 Å². The molecule has 19 heavy (non-hydrogen) atoms. The van der Waals surface area contributed by atoms with Crippen LogP contribution in [0.3, 0.4) is 0 Å². The molecular weight excluding hydrogens is 236 g/mol. The molecule has 0 amide bonds. The van der Waals surface area contributed by atoms with Crippen LogP contribution in [0.15, 0.2) is 0 Å². The number of hydrogen-bond donors (Lipinski definition) is 0. The Morgan fingerprint density at radius 1 is 0.842 bits per heavy atom. The van der Waals surface area contributed by atoms with Crippen LogP contribution in [0.2, 0.25) is 0 Å². The minimum atomic E-state index is -0.146. The van der Waals surface area contributed by atoms with Gasteiger partial charge in [0.15, 0.2) is 5.78 Å². The fourth-order valence-electron chi connectivity index (χ4n) is 2.27. The molecule has 0 fully saturated rings. The molecule has 0 aromatic heterocycles. The van der Waals surface area contributed by atoms with Gasteiger partial charge in [0.2, 0.25) is 0 Å². The molecule has 1 atom stereocenters. The third-order valence-corrected chi connectivity index (χ3v) is 3.59. The van der Waals surface area contributed by atoms with E-state index in [0.29, 0.717) is 0 Å². The van der Waals surface area contributed by atoms with Crippen molar-refractivity contribution in [3.8, 4) is 0 Å². The van der Waals surface area contributed by atoms with E-state index in [9.17, 15) is 4.79 Å². The largest absolute Gasteiger partial charge is 0.370 e. The van der Waals surface area contributed by atoms with Crippen molar-refractivity contribution in [2.24, 2.45) is 0 Å². The maximum absolute atomic E-state index is 11.5. The summed E-state index contributed by atoms with van der Waals surface area (Å²) in [5.41, 5.74) is 0. The van der Waals surface area contributed by atoms with Gasteiger partial charge in [-0.1, -0.05) is 71.6 Å². The molecule has 0 aromatic rings. The first-order chi connectivity index (χ1) is 9.22. The lowest BCUT2D eigenvalue weighted by Crippen LogP contribution is -2.22. The van der Waals surface area contributed by atoms with Crippen LogP contribution in [-0.2, 0) is 9.53 Å². The Morgan fingerprint density at radius 3 is 1.95 bits per heavy atom. The topological polar surface area (TPSA) is 26.3 Å². The van der Waals surface area contributed by atoms with Gasteiger partial charge in [-0.25, -0.2) is 0 Å². The minimum Gasteiger partial charge on any atom is -0.370 e. The number of carbonyl (C=O) groups excluding carboxylic acids is 1. The Hall–Kier alpha value is -0.370. The molecule has 0 saturated heterocycles. The van der Waals surface area contributed by atoms with E-state index in [1.807, 2.05) is 0 Å². The van der Waals surface area contributed by atoms with Gasteiger partial charge in [-0.15, -0.1) is 0 Å². The normalized spacial score (nSPS) is 12.6. The second kappa shape index (κ2) is 14.0. The van der Waals surface area contributed by atoms with Gasteiger partial charge in [0.25, 0.3) is 0 Å². The van der Waals surface area contributed by atoms with Crippen molar-refractivity contribution >= 4 is 5.78 Å². The molecule has 2 heteroatoms. The maximum Gasteiger partial charge on any atom is 0.158 e. The van der Waals surface area contributed by atoms with Crippen molar-refractivity contribution in [3.63, 3.8) is 0 Å². The van der Waals surface area contributed by atoms with Gasteiger partial charge in [-0.05, 0) is 19.8 Å². The fraction of sp³-hybridized carbons (Fsp3) is 0.941. The first-order valence-corrected chi connectivity index (χ1v) is 8.34. The molecule has 0 rings (SSSR count). The Morgan fingerprint density at radius 2 is 1.37 bits per heavy atom. The van der Waals surface area contributed by atoms with Crippen LogP contribution >= 0.6 is 0 Å². The summed E-state index contributed by atoms with van der Waals surface area (Å²) in [6.45, 7) is 6.85. The molecule has 0 heterocycles. The zero-order chi connectivity index (χ0) is 14.3. The van der Waals surface area contributed by atoms with E-state index in [0.717, 1.165) is 25.9 Å². The summed E-state index contributed by atoms with van der Waals surface area (Å²) in [7, 11) is 0. The summed E-state index contributed by atoms with van der Waals surface area (Å²) in [6.07, 6.45) is 13.2. The zero-order valence-corrected chi connectivity index (χ0v) is 13.4. The predicted molar refractivity (Wildman–Crippen MR) is 82.6 cm³/mol. The average molecular weight is 270 g/mol.